The molecule has 0 atom stereocenters. The van der Waals surface area contributed by atoms with Crippen LogP contribution >= 0.6 is 0 Å². The topological polar surface area (TPSA) is 35.6 Å². The quantitative estimate of drug-likeness (QED) is 0.759. The number of hydrogen-bond donors (Lipinski definition) is 1. The lowest BCUT2D eigenvalue weighted by Gasteiger charge is -2.36. The second-order valence-corrected chi connectivity index (χ2v) is 7.11. The highest BCUT2D eigenvalue weighted by molar-refractivity contribution is 5.94. The molecule has 3 rings (SSSR count). The van der Waals surface area contributed by atoms with Crippen LogP contribution in [0.5, 0.6) is 0 Å². The van der Waals surface area contributed by atoms with E-state index in [4.69, 9.17) is 0 Å². The predicted octanol–water partition coefficient (Wildman–Crippen LogP) is 3.47. The van der Waals surface area contributed by atoms with E-state index in [0.29, 0.717) is 6.54 Å². The number of nitrogens with one attached hydrogen (secondary N) is 1. The Morgan fingerprint density at radius 1 is 1.04 bits per heavy atom. The molecule has 2 aromatic carbocycles. The van der Waals surface area contributed by atoms with E-state index in [1.54, 1.807) is 12.1 Å². The largest absolute Gasteiger partial charge is 0.369 e. The van der Waals surface area contributed by atoms with Gasteiger partial charge in [0.05, 0.1) is 5.56 Å². The zero-order valence-electron chi connectivity index (χ0n) is 16.0. The first-order valence-electron chi connectivity index (χ1n) is 9.70. The first kappa shape index (κ1) is 19.4. The van der Waals surface area contributed by atoms with E-state index in [0.717, 1.165) is 45.6 Å². The lowest BCUT2D eigenvalue weighted by Crippen LogP contribution is -2.46. The first-order chi connectivity index (χ1) is 13.1. The summed E-state index contributed by atoms with van der Waals surface area (Å²) in [4.78, 5) is 16.9. The molecule has 0 bridgehead atoms. The highest BCUT2D eigenvalue weighted by Gasteiger charge is 2.17. The second-order valence-electron chi connectivity index (χ2n) is 7.11. The van der Waals surface area contributed by atoms with Crippen LogP contribution in [0, 0.1) is 12.7 Å². The van der Waals surface area contributed by atoms with E-state index in [-0.39, 0.29) is 11.5 Å². The number of rotatable bonds is 7. The van der Waals surface area contributed by atoms with Crippen LogP contribution in [0.1, 0.15) is 28.8 Å². The summed E-state index contributed by atoms with van der Waals surface area (Å²) in [5.74, 6) is -0.804. The van der Waals surface area contributed by atoms with Gasteiger partial charge in [0, 0.05) is 38.4 Å². The molecular formula is C22H28FN3O. The average molecular weight is 369 g/mol. The van der Waals surface area contributed by atoms with E-state index >= 15 is 0 Å². The average Bonchev–Trinajstić information content (AvgIpc) is 2.68. The fraction of sp³-hybridized carbons (Fsp3) is 0.409. The number of piperazine rings is 1. The van der Waals surface area contributed by atoms with Crippen molar-refractivity contribution in [1.82, 2.24) is 10.2 Å². The molecule has 5 heteroatoms. The molecule has 0 radical (unpaired) electrons. The summed E-state index contributed by atoms with van der Waals surface area (Å²) < 4.78 is 13.6. The van der Waals surface area contributed by atoms with Crippen molar-refractivity contribution in [1.29, 1.82) is 0 Å². The number of anilines is 1. The summed E-state index contributed by atoms with van der Waals surface area (Å²) in [7, 11) is 0. The maximum Gasteiger partial charge on any atom is 0.254 e. The van der Waals surface area contributed by atoms with Crippen LogP contribution in [0.4, 0.5) is 10.1 Å². The smallest absolute Gasteiger partial charge is 0.254 e. The van der Waals surface area contributed by atoms with E-state index in [1.165, 1.54) is 23.4 Å². The lowest BCUT2D eigenvalue weighted by atomic mass is 10.2. The summed E-state index contributed by atoms with van der Waals surface area (Å²) >= 11 is 0. The lowest BCUT2D eigenvalue weighted by molar-refractivity contribution is 0.0948. The minimum Gasteiger partial charge on any atom is -0.369 e. The van der Waals surface area contributed by atoms with Crippen molar-refractivity contribution in [2.75, 3.05) is 44.2 Å². The Balaban J connectivity index is 1.32. The number of unbranched alkanes of at least 4 members (excludes halogenated alkanes) is 1. The minimum absolute atomic E-state index is 0.116. The Bertz CT molecular complexity index is 757. The van der Waals surface area contributed by atoms with Gasteiger partial charge in [-0.05, 0) is 56.1 Å². The molecule has 0 aliphatic carbocycles. The number of halogens is 1. The highest BCUT2D eigenvalue weighted by Crippen LogP contribution is 2.17. The summed E-state index contributed by atoms with van der Waals surface area (Å²) in [5.41, 5.74) is 2.72. The van der Waals surface area contributed by atoms with Gasteiger partial charge in [-0.15, -0.1) is 0 Å². The van der Waals surface area contributed by atoms with Gasteiger partial charge in [0.15, 0.2) is 0 Å². The number of carbonyl (C=O) groups excluding carboxylic acids is 1. The fourth-order valence-corrected chi connectivity index (χ4v) is 3.46. The molecular weight excluding hydrogens is 341 g/mol. The van der Waals surface area contributed by atoms with E-state index in [1.807, 2.05) is 0 Å². The molecule has 0 spiro atoms. The third-order valence-electron chi connectivity index (χ3n) is 5.04. The van der Waals surface area contributed by atoms with Gasteiger partial charge in [0.2, 0.25) is 0 Å². The predicted molar refractivity (Wildman–Crippen MR) is 108 cm³/mol. The van der Waals surface area contributed by atoms with Crippen molar-refractivity contribution in [2.24, 2.45) is 0 Å². The molecule has 1 heterocycles. The van der Waals surface area contributed by atoms with Crippen molar-refractivity contribution in [2.45, 2.75) is 19.8 Å². The summed E-state index contributed by atoms with van der Waals surface area (Å²) in [6.45, 7) is 7.98. The zero-order valence-corrected chi connectivity index (χ0v) is 16.0. The molecule has 1 N–H and O–H groups in total. The maximum absolute atomic E-state index is 13.6. The van der Waals surface area contributed by atoms with Crippen molar-refractivity contribution in [3.63, 3.8) is 0 Å². The van der Waals surface area contributed by atoms with Gasteiger partial charge in [-0.1, -0.05) is 24.3 Å². The molecule has 27 heavy (non-hydrogen) atoms. The Hall–Kier alpha value is -2.40. The van der Waals surface area contributed by atoms with Crippen LogP contribution in [0.2, 0.25) is 0 Å². The molecule has 1 saturated heterocycles. The molecule has 1 fully saturated rings. The van der Waals surface area contributed by atoms with Crippen LogP contribution in [0.25, 0.3) is 0 Å². The Morgan fingerprint density at radius 3 is 2.56 bits per heavy atom. The van der Waals surface area contributed by atoms with Crippen LogP contribution in [0.3, 0.4) is 0 Å². The maximum atomic E-state index is 13.6. The Labute approximate surface area is 161 Å². The molecule has 0 saturated carbocycles. The van der Waals surface area contributed by atoms with Gasteiger partial charge in [-0.3, -0.25) is 9.69 Å². The van der Waals surface area contributed by atoms with Gasteiger partial charge in [0.25, 0.3) is 5.91 Å². The minimum atomic E-state index is -0.471. The fourth-order valence-electron chi connectivity index (χ4n) is 3.46. The number of benzene rings is 2. The highest BCUT2D eigenvalue weighted by atomic mass is 19.1. The number of carbonyl (C=O) groups is 1. The number of amides is 1. The molecule has 4 nitrogen and oxygen atoms in total. The summed E-state index contributed by atoms with van der Waals surface area (Å²) in [6, 6.07) is 14.8. The first-order valence-corrected chi connectivity index (χ1v) is 9.70. The third-order valence-corrected chi connectivity index (χ3v) is 5.04. The van der Waals surface area contributed by atoms with Crippen molar-refractivity contribution in [3.8, 4) is 0 Å². The number of nitrogens with zero attached hydrogens (tertiary/aromatic N) is 2. The zero-order chi connectivity index (χ0) is 19.1. The molecule has 0 aromatic heterocycles. The Morgan fingerprint density at radius 2 is 1.81 bits per heavy atom. The van der Waals surface area contributed by atoms with E-state index in [9.17, 15) is 9.18 Å². The van der Waals surface area contributed by atoms with Gasteiger partial charge in [0.1, 0.15) is 5.82 Å². The second kappa shape index (κ2) is 9.51. The summed E-state index contributed by atoms with van der Waals surface area (Å²) in [5, 5.41) is 2.81. The Kier molecular flexibility index (Phi) is 6.82. The van der Waals surface area contributed by atoms with Crippen LogP contribution in [-0.2, 0) is 0 Å². The normalized spacial score (nSPS) is 15.0. The number of aryl methyl sites for hydroxylation is 1. The van der Waals surface area contributed by atoms with Crippen LogP contribution < -0.4 is 10.2 Å². The SMILES string of the molecule is Cc1cccc(N2CCN(CCCCNC(=O)c3ccccc3F)CC2)c1. The van der Waals surface area contributed by atoms with Crippen LogP contribution in [-0.4, -0.2) is 50.1 Å². The van der Waals surface area contributed by atoms with Crippen LogP contribution in [0.15, 0.2) is 48.5 Å². The summed E-state index contributed by atoms with van der Waals surface area (Å²) in [6.07, 6.45) is 1.93. The van der Waals surface area contributed by atoms with E-state index < -0.39 is 5.82 Å². The number of hydrogen-bond acceptors (Lipinski definition) is 3. The molecule has 2 aromatic rings. The van der Waals surface area contributed by atoms with Crippen molar-refractivity contribution in [3.05, 3.63) is 65.5 Å². The van der Waals surface area contributed by atoms with Gasteiger partial charge in [-0.25, -0.2) is 4.39 Å². The molecule has 144 valence electrons. The monoisotopic (exact) mass is 369 g/mol. The van der Waals surface area contributed by atoms with Crippen molar-refractivity contribution >= 4 is 11.6 Å². The van der Waals surface area contributed by atoms with Crippen molar-refractivity contribution < 1.29 is 9.18 Å². The van der Waals surface area contributed by atoms with E-state index in [2.05, 4.69) is 46.3 Å². The van der Waals surface area contributed by atoms with Gasteiger partial charge in [-0.2, -0.15) is 0 Å². The van der Waals surface area contributed by atoms with Gasteiger partial charge < -0.3 is 10.2 Å². The van der Waals surface area contributed by atoms with Gasteiger partial charge >= 0.3 is 0 Å². The molecule has 0 unspecified atom stereocenters. The molecule has 1 aliphatic heterocycles. The molecule has 1 amide bonds. The third kappa shape index (κ3) is 5.54. The standard InChI is InChI=1S/C22H28FN3O/c1-18-7-6-8-19(17-18)26-15-13-25(14-16-26)12-5-4-11-24-22(27)20-9-2-3-10-21(20)23/h2-3,6-10,17H,4-5,11-16H2,1H3,(H,24,27). The molecule has 1 aliphatic rings.